The molecule has 0 bridgehead atoms. The summed E-state index contributed by atoms with van der Waals surface area (Å²) in [6.07, 6.45) is 0.765. The third-order valence-electron chi connectivity index (χ3n) is 4.46. The van der Waals surface area contributed by atoms with Gasteiger partial charge in [-0.25, -0.2) is 8.78 Å². The average molecular weight is 354 g/mol. The van der Waals surface area contributed by atoms with Crippen LogP contribution in [0.1, 0.15) is 31.9 Å². The van der Waals surface area contributed by atoms with E-state index >= 15 is 0 Å². The monoisotopic (exact) mass is 354 g/mol. The normalized spacial score (nSPS) is 17.6. The van der Waals surface area contributed by atoms with E-state index in [1.54, 1.807) is 6.07 Å². The summed E-state index contributed by atoms with van der Waals surface area (Å²) in [5, 5.41) is 12.2. The lowest BCUT2D eigenvalue weighted by Crippen LogP contribution is -2.53. The maximum Gasteiger partial charge on any atom is 0.194 e. The molecule has 5 nitrogen and oxygen atoms in total. The molecule has 1 unspecified atom stereocenters. The first-order chi connectivity index (χ1) is 12.1. The van der Waals surface area contributed by atoms with Crippen molar-refractivity contribution in [1.29, 1.82) is 0 Å². The minimum Gasteiger partial charge on any atom is -0.394 e. The third kappa shape index (κ3) is 5.12. The van der Waals surface area contributed by atoms with Crippen molar-refractivity contribution in [2.75, 3.05) is 45.9 Å². The van der Waals surface area contributed by atoms with Gasteiger partial charge in [0.2, 0.25) is 0 Å². The lowest BCUT2D eigenvalue weighted by Gasteiger charge is -2.40. The molecule has 0 amide bonds. The standard InChI is InChI=1S/C18H28F2N4O/c1-3-17(15-6-5-14(19)13-16(15)20)23-8-10-24(11-9-23)18(21-4-2)22-7-12-25/h5-6,13,17,25H,3-4,7-12H2,1-2H3,(H,21,22). The van der Waals surface area contributed by atoms with Gasteiger partial charge in [-0.2, -0.15) is 0 Å². The van der Waals surface area contributed by atoms with Crippen molar-refractivity contribution < 1.29 is 13.9 Å². The smallest absolute Gasteiger partial charge is 0.194 e. The Labute approximate surface area is 148 Å². The quantitative estimate of drug-likeness (QED) is 0.606. The fourth-order valence-corrected chi connectivity index (χ4v) is 3.27. The summed E-state index contributed by atoms with van der Waals surface area (Å²) in [6.45, 7) is 8.30. The Morgan fingerprint density at radius 1 is 1.24 bits per heavy atom. The SMILES string of the molecule is CCNC(=NCCO)N1CCN(C(CC)c2ccc(F)cc2F)CC1. The molecule has 1 aliphatic heterocycles. The van der Waals surface area contributed by atoms with Crippen LogP contribution in [0, 0.1) is 11.6 Å². The highest BCUT2D eigenvalue weighted by molar-refractivity contribution is 5.80. The topological polar surface area (TPSA) is 51.1 Å². The molecular weight excluding hydrogens is 326 g/mol. The molecule has 140 valence electrons. The summed E-state index contributed by atoms with van der Waals surface area (Å²) in [5.74, 6) is -0.222. The van der Waals surface area contributed by atoms with Gasteiger partial charge < -0.3 is 15.3 Å². The van der Waals surface area contributed by atoms with E-state index in [-0.39, 0.29) is 12.6 Å². The van der Waals surface area contributed by atoms with E-state index in [2.05, 4.69) is 20.1 Å². The number of halogens is 2. The molecule has 1 saturated heterocycles. The van der Waals surface area contributed by atoms with Crippen molar-refractivity contribution in [2.24, 2.45) is 4.99 Å². The first-order valence-corrected chi connectivity index (χ1v) is 8.93. The van der Waals surface area contributed by atoms with E-state index in [1.165, 1.54) is 6.07 Å². The van der Waals surface area contributed by atoms with E-state index < -0.39 is 11.6 Å². The summed E-state index contributed by atoms with van der Waals surface area (Å²) >= 11 is 0. The number of benzene rings is 1. The van der Waals surface area contributed by atoms with Crippen LogP contribution in [0.3, 0.4) is 0 Å². The number of hydrogen-bond donors (Lipinski definition) is 2. The van der Waals surface area contributed by atoms with Crippen molar-refractivity contribution in [1.82, 2.24) is 15.1 Å². The summed E-state index contributed by atoms with van der Waals surface area (Å²) in [4.78, 5) is 8.78. The molecule has 1 aromatic rings. The van der Waals surface area contributed by atoms with Crippen LogP contribution in [0.4, 0.5) is 8.78 Å². The van der Waals surface area contributed by atoms with E-state index in [1.807, 2.05) is 13.8 Å². The van der Waals surface area contributed by atoms with Gasteiger partial charge in [0, 0.05) is 50.4 Å². The first kappa shape index (κ1) is 19.6. The minimum atomic E-state index is -0.545. The molecule has 1 heterocycles. The zero-order chi connectivity index (χ0) is 18.2. The molecular formula is C18H28F2N4O. The van der Waals surface area contributed by atoms with E-state index in [0.717, 1.165) is 51.2 Å². The lowest BCUT2D eigenvalue weighted by molar-refractivity contribution is 0.124. The summed E-state index contributed by atoms with van der Waals surface area (Å²) in [7, 11) is 0. The molecule has 0 aliphatic carbocycles. The van der Waals surface area contributed by atoms with Gasteiger partial charge in [0.25, 0.3) is 0 Å². The molecule has 0 saturated carbocycles. The molecule has 1 aromatic carbocycles. The van der Waals surface area contributed by atoms with E-state index in [0.29, 0.717) is 12.1 Å². The fraction of sp³-hybridized carbons (Fsp3) is 0.611. The van der Waals surface area contributed by atoms with Crippen LogP contribution >= 0.6 is 0 Å². The van der Waals surface area contributed by atoms with Crippen LogP contribution in [-0.4, -0.2) is 66.7 Å². The molecule has 7 heteroatoms. The highest BCUT2D eigenvalue weighted by Crippen LogP contribution is 2.28. The average Bonchev–Trinajstić information content (AvgIpc) is 2.61. The molecule has 1 atom stereocenters. The number of aliphatic hydroxyl groups excluding tert-OH is 1. The zero-order valence-corrected chi connectivity index (χ0v) is 15.0. The van der Waals surface area contributed by atoms with Gasteiger partial charge in [-0.15, -0.1) is 0 Å². The summed E-state index contributed by atoms with van der Waals surface area (Å²) < 4.78 is 27.3. The molecule has 0 spiro atoms. The largest absolute Gasteiger partial charge is 0.394 e. The van der Waals surface area contributed by atoms with Crippen LogP contribution < -0.4 is 5.32 Å². The van der Waals surface area contributed by atoms with Gasteiger partial charge in [0.05, 0.1) is 13.2 Å². The van der Waals surface area contributed by atoms with Gasteiger partial charge in [-0.05, 0) is 19.4 Å². The molecule has 1 fully saturated rings. The van der Waals surface area contributed by atoms with Crippen LogP contribution in [-0.2, 0) is 0 Å². The highest BCUT2D eigenvalue weighted by Gasteiger charge is 2.27. The predicted octanol–water partition coefficient (Wildman–Crippen LogP) is 1.99. The molecule has 0 aromatic heterocycles. The maximum absolute atomic E-state index is 14.2. The van der Waals surface area contributed by atoms with Crippen LogP contribution in [0.15, 0.2) is 23.2 Å². The lowest BCUT2D eigenvalue weighted by atomic mass is 10.0. The van der Waals surface area contributed by atoms with Gasteiger partial charge >= 0.3 is 0 Å². The molecule has 2 rings (SSSR count). The number of piperazine rings is 1. The third-order valence-corrected chi connectivity index (χ3v) is 4.46. The number of guanidine groups is 1. The van der Waals surface area contributed by atoms with Gasteiger partial charge in [-0.1, -0.05) is 13.0 Å². The Morgan fingerprint density at radius 2 is 1.96 bits per heavy atom. The van der Waals surface area contributed by atoms with Crippen LogP contribution in [0.2, 0.25) is 0 Å². The number of hydrogen-bond acceptors (Lipinski definition) is 3. The number of aliphatic imine (C=N–C) groups is 1. The first-order valence-electron chi connectivity index (χ1n) is 8.93. The predicted molar refractivity (Wildman–Crippen MR) is 95.6 cm³/mol. The molecule has 1 aliphatic rings. The van der Waals surface area contributed by atoms with Crippen molar-refractivity contribution in [2.45, 2.75) is 26.3 Å². The van der Waals surface area contributed by atoms with Crippen molar-refractivity contribution in [3.05, 3.63) is 35.4 Å². The maximum atomic E-state index is 14.2. The molecule has 2 N–H and O–H groups in total. The van der Waals surface area contributed by atoms with Crippen LogP contribution in [0.25, 0.3) is 0 Å². The van der Waals surface area contributed by atoms with Gasteiger partial charge in [0.15, 0.2) is 5.96 Å². The van der Waals surface area contributed by atoms with E-state index in [9.17, 15) is 8.78 Å². The van der Waals surface area contributed by atoms with Crippen molar-refractivity contribution in [3.63, 3.8) is 0 Å². The number of nitrogens with zero attached hydrogens (tertiary/aromatic N) is 3. The Hall–Kier alpha value is -1.73. The van der Waals surface area contributed by atoms with Gasteiger partial charge in [0.1, 0.15) is 11.6 Å². The Bertz CT molecular complexity index is 574. The number of rotatable bonds is 6. The van der Waals surface area contributed by atoms with Gasteiger partial charge in [-0.3, -0.25) is 9.89 Å². The Kier molecular flexibility index (Phi) is 7.58. The number of nitrogens with one attached hydrogen (secondary N) is 1. The summed E-state index contributed by atoms with van der Waals surface area (Å²) in [5.41, 5.74) is 0.554. The van der Waals surface area contributed by atoms with Crippen LogP contribution in [0.5, 0.6) is 0 Å². The van der Waals surface area contributed by atoms with Crippen molar-refractivity contribution >= 4 is 5.96 Å². The fourth-order valence-electron chi connectivity index (χ4n) is 3.27. The second kappa shape index (κ2) is 9.68. The second-order valence-electron chi connectivity index (χ2n) is 6.07. The van der Waals surface area contributed by atoms with Crippen molar-refractivity contribution in [3.8, 4) is 0 Å². The Morgan fingerprint density at radius 3 is 2.52 bits per heavy atom. The Balaban J connectivity index is 2.04. The number of aliphatic hydroxyl groups is 1. The molecule has 0 radical (unpaired) electrons. The zero-order valence-electron chi connectivity index (χ0n) is 15.0. The van der Waals surface area contributed by atoms with E-state index in [4.69, 9.17) is 5.11 Å². The second-order valence-corrected chi connectivity index (χ2v) is 6.07. The minimum absolute atomic E-state index is 0.0244. The molecule has 25 heavy (non-hydrogen) atoms. The highest BCUT2D eigenvalue weighted by atomic mass is 19.1. The summed E-state index contributed by atoms with van der Waals surface area (Å²) in [6, 6.07) is 3.78.